The van der Waals surface area contributed by atoms with E-state index in [4.69, 9.17) is 0 Å². The first kappa shape index (κ1) is 16.4. The molecule has 1 aromatic heterocycles. The quantitative estimate of drug-likeness (QED) is 0.922. The number of aryl methyl sites for hydroxylation is 2. The summed E-state index contributed by atoms with van der Waals surface area (Å²) < 4.78 is 1.56. The molecule has 24 heavy (non-hydrogen) atoms. The van der Waals surface area contributed by atoms with E-state index in [-0.39, 0.29) is 5.91 Å². The minimum Gasteiger partial charge on any atom is -0.369 e. The Kier molecular flexibility index (Phi) is 4.80. The fourth-order valence-corrected chi connectivity index (χ4v) is 2.94. The van der Waals surface area contributed by atoms with Gasteiger partial charge in [0.15, 0.2) is 0 Å². The van der Waals surface area contributed by atoms with Gasteiger partial charge in [0.2, 0.25) is 5.95 Å². The largest absolute Gasteiger partial charge is 0.369 e. The van der Waals surface area contributed by atoms with Gasteiger partial charge in [0.25, 0.3) is 5.91 Å². The smallest absolute Gasteiger partial charge is 0.258 e. The van der Waals surface area contributed by atoms with E-state index in [0.29, 0.717) is 17.3 Å². The fourth-order valence-electron chi connectivity index (χ4n) is 2.94. The summed E-state index contributed by atoms with van der Waals surface area (Å²) in [4.78, 5) is 21.3. The topological polar surface area (TPSA) is 66.3 Å². The summed E-state index contributed by atoms with van der Waals surface area (Å²) in [6.07, 6.45) is 0. The molecule has 0 atom stereocenters. The minimum absolute atomic E-state index is 0.173. The minimum atomic E-state index is -0.173. The monoisotopic (exact) mass is 328 g/mol. The van der Waals surface area contributed by atoms with Crippen molar-refractivity contribution >= 4 is 17.5 Å². The van der Waals surface area contributed by atoms with E-state index in [1.54, 1.807) is 18.7 Å². The third-order valence-corrected chi connectivity index (χ3v) is 4.41. The van der Waals surface area contributed by atoms with Crippen molar-refractivity contribution in [3.8, 4) is 0 Å². The van der Waals surface area contributed by atoms with Crippen LogP contribution in [0.2, 0.25) is 0 Å². The third-order valence-electron chi connectivity index (χ3n) is 4.41. The van der Waals surface area contributed by atoms with Gasteiger partial charge in [-0.2, -0.15) is 10.1 Å². The molecule has 0 radical (unpaired) electrons. The SMILES string of the molecule is CCN1CCN(c2ccc(C(=O)Nc3nc(C)nn3C)cc2)CC1. The molecule has 0 spiro atoms. The number of piperazine rings is 1. The zero-order valence-corrected chi connectivity index (χ0v) is 14.5. The molecule has 0 bridgehead atoms. The molecule has 7 nitrogen and oxygen atoms in total. The van der Waals surface area contributed by atoms with Gasteiger partial charge >= 0.3 is 0 Å². The predicted molar refractivity (Wildman–Crippen MR) is 94.5 cm³/mol. The van der Waals surface area contributed by atoms with Crippen LogP contribution in [0.4, 0.5) is 11.6 Å². The van der Waals surface area contributed by atoms with Crippen LogP contribution in [0.5, 0.6) is 0 Å². The van der Waals surface area contributed by atoms with Crippen LogP contribution in [-0.2, 0) is 7.05 Å². The highest BCUT2D eigenvalue weighted by Crippen LogP contribution is 2.18. The summed E-state index contributed by atoms with van der Waals surface area (Å²) >= 11 is 0. The number of hydrogen-bond donors (Lipinski definition) is 1. The van der Waals surface area contributed by atoms with Gasteiger partial charge in [0.1, 0.15) is 5.82 Å². The van der Waals surface area contributed by atoms with Crippen LogP contribution in [0.1, 0.15) is 23.1 Å². The van der Waals surface area contributed by atoms with E-state index in [0.717, 1.165) is 38.4 Å². The average Bonchev–Trinajstić information content (AvgIpc) is 2.92. The first-order valence-electron chi connectivity index (χ1n) is 8.33. The van der Waals surface area contributed by atoms with Gasteiger partial charge in [-0.1, -0.05) is 6.92 Å². The van der Waals surface area contributed by atoms with Crippen LogP contribution < -0.4 is 10.2 Å². The van der Waals surface area contributed by atoms with Crippen LogP contribution in [0.25, 0.3) is 0 Å². The van der Waals surface area contributed by atoms with E-state index in [1.165, 1.54) is 0 Å². The van der Waals surface area contributed by atoms with Crippen molar-refractivity contribution < 1.29 is 4.79 Å². The summed E-state index contributed by atoms with van der Waals surface area (Å²) in [5.41, 5.74) is 1.78. The van der Waals surface area contributed by atoms with E-state index >= 15 is 0 Å². The third kappa shape index (κ3) is 3.56. The number of nitrogens with zero attached hydrogens (tertiary/aromatic N) is 5. The van der Waals surface area contributed by atoms with Gasteiger partial charge in [-0.05, 0) is 37.7 Å². The molecule has 128 valence electrons. The number of rotatable bonds is 4. The van der Waals surface area contributed by atoms with Crippen LogP contribution in [0.3, 0.4) is 0 Å². The van der Waals surface area contributed by atoms with Crippen LogP contribution >= 0.6 is 0 Å². The standard InChI is InChI=1S/C17H24N6O/c1-4-22-9-11-23(12-10-22)15-7-5-14(6-8-15)16(24)19-17-18-13(2)20-21(17)3/h5-8H,4,9-12H2,1-3H3,(H,18,19,20,24). The summed E-state index contributed by atoms with van der Waals surface area (Å²) in [6, 6.07) is 7.75. The molecular formula is C17H24N6O. The van der Waals surface area contributed by atoms with E-state index < -0.39 is 0 Å². The summed E-state index contributed by atoms with van der Waals surface area (Å²) in [7, 11) is 1.76. The van der Waals surface area contributed by atoms with Gasteiger partial charge < -0.3 is 9.80 Å². The zero-order valence-electron chi connectivity index (χ0n) is 14.5. The molecule has 2 heterocycles. The lowest BCUT2D eigenvalue weighted by atomic mass is 10.1. The number of benzene rings is 1. The maximum Gasteiger partial charge on any atom is 0.258 e. The Hall–Kier alpha value is -2.41. The molecule has 2 aromatic rings. The van der Waals surface area contributed by atoms with E-state index in [2.05, 4.69) is 32.1 Å². The van der Waals surface area contributed by atoms with Crippen LogP contribution in [0.15, 0.2) is 24.3 Å². The molecule has 3 rings (SSSR count). The van der Waals surface area contributed by atoms with Gasteiger partial charge in [0.05, 0.1) is 0 Å². The van der Waals surface area contributed by atoms with Crippen molar-refractivity contribution in [2.75, 3.05) is 42.9 Å². The molecule has 1 aromatic carbocycles. The van der Waals surface area contributed by atoms with Gasteiger partial charge in [-0.25, -0.2) is 4.68 Å². The maximum atomic E-state index is 12.3. The molecule has 0 saturated carbocycles. The molecule has 1 aliphatic rings. The summed E-state index contributed by atoms with van der Waals surface area (Å²) in [6.45, 7) is 9.32. The summed E-state index contributed by atoms with van der Waals surface area (Å²) in [5.74, 6) is 0.916. The van der Waals surface area contributed by atoms with Crippen LogP contribution in [-0.4, -0.2) is 58.3 Å². The first-order valence-corrected chi connectivity index (χ1v) is 8.33. The Balaban J connectivity index is 1.64. The van der Waals surface area contributed by atoms with E-state index in [9.17, 15) is 4.79 Å². The molecule has 1 N–H and O–H groups in total. The number of amides is 1. The average molecular weight is 328 g/mol. The number of likely N-dealkylation sites (N-methyl/N-ethyl adjacent to an activating group) is 1. The molecule has 0 aliphatic carbocycles. The lowest BCUT2D eigenvalue weighted by Crippen LogP contribution is -2.46. The Labute approximate surface area is 142 Å². The maximum absolute atomic E-state index is 12.3. The highest BCUT2D eigenvalue weighted by molar-refractivity contribution is 6.03. The number of anilines is 2. The Morgan fingerprint density at radius 3 is 2.38 bits per heavy atom. The predicted octanol–water partition coefficient (Wildman–Crippen LogP) is 1.52. The lowest BCUT2D eigenvalue weighted by molar-refractivity contribution is 0.102. The van der Waals surface area contributed by atoms with Gasteiger partial charge in [0, 0.05) is 44.5 Å². The molecule has 1 fully saturated rings. The van der Waals surface area contributed by atoms with Crippen molar-refractivity contribution in [1.29, 1.82) is 0 Å². The normalized spacial score (nSPS) is 15.5. The van der Waals surface area contributed by atoms with Crippen molar-refractivity contribution in [3.05, 3.63) is 35.7 Å². The Bertz CT molecular complexity index is 700. The van der Waals surface area contributed by atoms with Gasteiger partial charge in [-0.3, -0.25) is 10.1 Å². The number of nitrogens with one attached hydrogen (secondary N) is 1. The Morgan fingerprint density at radius 2 is 1.83 bits per heavy atom. The molecule has 1 saturated heterocycles. The number of aromatic nitrogens is 3. The molecule has 1 amide bonds. The molecule has 1 aliphatic heterocycles. The van der Waals surface area contributed by atoms with Crippen molar-refractivity contribution in [1.82, 2.24) is 19.7 Å². The Morgan fingerprint density at radius 1 is 1.17 bits per heavy atom. The molecular weight excluding hydrogens is 304 g/mol. The van der Waals surface area contributed by atoms with Crippen molar-refractivity contribution in [3.63, 3.8) is 0 Å². The zero-order chi connectivity index (χ0) is 17.1. The second-order valence-corrected chi connectivity index (χ2v) is 6.03. The molecule has 0 unspecified atom stereocenters. The fraction of sp³-hybridized carbons (Fsp3) is 0.471. The highest BCUT2D eigenvalue weighted by Gasteiger charge is 2.16. The summed E-state index contributed by atoms with van der Waals surface area (Å²) in [5, 5.41) is 6.92. The second-order valence-electron chi connectivity index (χ2n) is 6.03. The number of carbonyl (C=O) groups excluding carboxylic acids is 1. The van der Waals surface area contributed by atoms with Crippen LogP contribution in [0, 0.1) is 6.92 Å². The lowest BCUT2D eigenvalue weighted by Gasteiger charge is -2.35. The second kappa shape index (κ2) is 7.00. The van der Waals surface area contributed by atoms with E-state index in [1.807, 2.05) is 24.3 Å². The number of carbonyl (C=O) groups is 1. The first-order chi connectivity index (χ1) is 11.6. The van der Waals surface area contributed by atoms with Crippen molar-refractivity contribution in [2.24, 2.45) is 7.05 Å². The van der Waals surface area contributed by atoms with Crippen molar-refractivity contribution in [2.45, 2.75) is 13.8 Å². The number of hydrogen-bond acceptors (Lipinski definition) is 5. The highest BCUT2D eigenvalue weighted by atomic mass is 16.1. The van der Waals surface area contributed by atoms with Gasteiger partial charge in [-0.15, -0.1) is 0 Å². The molecule has 7 heteroatoms.